The Bertz CT molecular complexity index is 1850. The van der Waals surface area contributed by atoms with Gasteiger partial charge in [-0.2, -0.15) is 4.57 Å². The fourth-order valence-corrected chi connectivity index (χ4v) is 7.90. The number of carbonyl (C=O) groups excluding carboxylic acids is 2. The Morgan fingerprint density at radius 1 is 0.732 bits per heavy atom. The Morgan fingerprint density at radius 3 is 1.82 bits per heavy atom. The summed E-state index contributed by atoms with van der Waals surface area (Å²) in [5.74, 6) is 1.27. The van der Waals surface area contributed by atoms with Gasteiger partial charge in [-0.25, -0.2) is 4.99 Å². The lowest BCUT2D eigenvalue weighted by molar-refractivity contribution is -0.686. The number of nitrogens with one attached hydrogen (secondary N) is 3. The van der Waals surface area contributed by atoms with Crippen LogP contribution in [0.3, 0.4) is 0 Å². The van der Waals surface area contributed by atoms with E-state index in [1.54, 1.807) is 33.7 Å². The van der Waals surface area contributed by atoms with Crippen molar-refractivity contribution in [1.29, 1.82) is 0 Å². The number of hydrogen-bond acceptors (Lipinski definition) is 10. The van der Waals surface area contributed by atoms with Crippen LogP contribution in [0.15, 0.2) is 104 Å². The number of anilines is 2. The van der Waals surface area contributed by atoms with Crippen molar-refractivity contribution in [2.75, 3.05) is 67.1 Å². The van der Waals surface area contributed by atoms with Gasteiger partial charge in [0.25, 0.3) is 11.8 Å². The van der Waals surface area contributed by atoms with Crippen LogP contribution in [0.2, 0.25) is 0 Å². The van der Waals surface area contributed by atoms with Gasteiger partial charge in [-0.05, 0) is 53.6 Å². The summed E-state index contributed by atoms with van der Waals surface area (Å²) in [5.41, 5.74) is 5.50. The van der Waals surface area contributed by atoms with Crippen molar-refractivity contribution in [1.82, 2.24) is 10.6 Å². The Morgan fingerprint density at radius 2 is 1.27 bits per heavy atom. The summed E-state index contributed by atoms with van der Waals surface area (Å²) in [7, 11) is 3.28. The molecule has 4 unspecified atom stereocenters. The van der Waals surface area contributed by atoms with Crippen LogP contribution in [0.25, 0.3) is 18.2 Å². The van der Waals surface area contributed by atoms with Crippen LogP contribution in [0.4, 0.5) is 11.4 Å². The van der Waals surface area contributed by atoms with Crippen LogP contribution < -0.4 is 30.0 Å². The molecule has 0 bridgehead atoms. The molecule has 12 nitrogen and oxygen atoms in total. The average molecular weight is 801 g/mol. The minimum Gasteiger partial charge on any atom is -0.389 e. The third kappa shape index (κ3) is 13.5. The first-order chi connectivity index (χ1) is 27.2. The summed E-state index contributed by atoms with van der Waals surface area (Å²) in [5, 5.41) is 45.3. The van der Waals surface area contributed by atoms with E-state index in [-0.39, 0.29) is 24.9 Å². The van der Waals surface area contributed by atoms with Gasteiger partial charge in [0.1, 0.15) is 0 Å². The van der Waals surface area contributed by atoms with E-state index in [1.807, 2.05) is 118 Å². The first-order valence-corrected chi connectivity index (χ1v) is 21.1. The van der Waals surface area contributed by atoms with Gasteiger partial charge in [0.05, 0.1) is 24.4 Å². The molecule has 14 heteroatoms. The molecule has 1 aromatic heterocycles. The number of carbonyl (C=O) groups is 2. The zero-order chi connectivity index (χ0) is 39.7. The molecule has 3 aromatic rings. The smallest absolute Gasteiger partial charge is 0.286 e. The quantitative estimate of drug-likeness (QED) is 0.0304. The molecule has 0 spiro atoms. The lowest BCUT2D eigenvalue weighted by atomic mass is 10.1. The van der Waals surface area contributed by atoms with Gasteiger partial charge in [0.2, 0.25) is 18.8 Å². The first kappa shape index (κ1) is 42.4. The van der Waals surface area contributed by atoms with Crippen molar-refractivity contribution in [2.24, 2.45) is 0 Å². The second-order valence-corrected chi connectivity index (χ2v) is 16.1. The van der Waals surface area contributed by atoms with Gasteiger partial charge in [-0.15, -0.1) is 0 Å². The maximum atomic E-state index is 12.7. The molecule has 4 atom stereocenters. The van der Waals surface area contributed by atoms with Gasteiger partial charge in [0, 0.05) is 92.5 Å². The Hall–Kier alpha value is -4.70. The van der Waals surface area contributed by atoms with E-state index in [0.717, 1.165) is 45.4 Å². The normalized spacial score (nSPS) is 20.1. The lowest BCUT2D eigenvalue weighted by Gasteiger charge is -2.17. The minimum atomic E-state index is -0.736. The molecular formula is C42H52N6O6S2+2. The van der Waals surface area contributed by atoms with Gasteiger partial charge in [0.15, 0.2) is 11.9 Å². The van der Waals surface area contributed by atoms with Crippen LogP contribution in [0.5, 0.6) is 0 Å². The number of amides is 2. The predicted molar refractivity (Wildman–Crippen MR) is 227 cm³/mol. The molecule has 2 fully saturated rings. The number of hydrogen-bond donors (Lipinski definition) is 7. The van der Waals surface area contributed by atoms with E-state index in [0.29, 0.717) is 39.3 Å². The summed E-state index contributed by atoms with van der Waals surface area (Å²) in [6, 6.07) is 21.6. The molecule has 2 aliphatic rings. The second-order valence-electron chi connectivity index (χ2n) is 13.4. The third-order valence-corrected chi connectivity index (χ3v) is 11.6. The molecule has 2 amide bonds. The Kier molecular flexibility index (Phi) is 16.8. The molecule has 3 heterocycles. The second kappa shape index (κ2) is 22.1. The zero-order valence-electron chi connectivity index (χ0n) is 31.3. The molecule has 7 N–H and O–H groups in total. The van der Waals surface area contributed by atoms with Crippen molar-refractivity contribution >= 4 is 68.7 Å². The molecule has 56 heavy (non-hydrogen) atoms. The highest BCUT2D eigenvalue weighted by molar-refractivity contribution is 8.76. The highest BCUT2D eigenvalue weighted by Gasteiger charge is 2.30. The number of rotatable bonds is 19. The predicted octanol–water partition coefficient (Wildman–Crippen LogP) is 0.819. The standard InChI is InChI=1S/C42H50N6O6S2/c1-2-3-6-33(14-8-31-10-16-35(17-11-31)47-26-37(49)38(50)27-47)45-25-41(53)43-20-23-55-56-24-21-44-42(54)30-46-22-5-4-7-34(46)15-9-32-12-18-36(19-13-32)48-28-39(51)40(52)29-48/h2-19,22,37-40,49-52H,1,20-21,23-30H2,(H-,43,44,53,54)/p+2/b6-3-,14-8+,45-33?. The molecule has 0 aliphatic carbocycles. The van der Waals surface area contributed by atoms with Crippen LogP contribution in [0.1, 0.15) is 16.8 Å². The highest BCUT2D eigenvalue weighted by Crippen LogP contribution is 2.23. The molecule has 2 aromatic carbocycles. The number of aromatic nitrogens is 1. The Labute approximate surface area is 336 Å². The monoisotopic (exact) mass is 800 g/mol. The van der Waals surface area contributed by atoms with Crippen molar-refractivity contribution in [3.05, 3.63) is 121 Å². The molecule has 0 saturated carbocycles. The van der Waals surface area contributed by atoms with Crippen molar-refractivity contribution in [3.8, 4) is 0 Å². The average Bonchev–Trinajstić information content (AvgIpc) is 3.73. The summed E-state index contributed by atoms with van der Waals surface area (Å²) >= 11 is 0. The number of benzene rings is 2. The van der Waals surface area contributed by atoms with Crippen LogP contribution in [-0.2, 0) is 16.1 Å². The van der Waals surface area contributed by atoms with Crippen molar-refractivity contribution < 1.29 is 39.6 Å². The number of pyridine rings is 1. The van der Waals surface area contributed by atoms with Crippen molar-refractivity contribution in [2.45, 2.75) is 31.0 Å². The molecule has 5 rings (SSSR count). The maximum absolute atomic E-state index is 12.7. The molecule has 0 radical (unpaired) electrons. The van der Waals surface area contributed by atoms with Gasteiger partial charge < -0.3 is 40.9 Å². The number of β-amino-alcohol motifs (C(OH)–C–C–N with tert-alkyl or cyclic N) is 4. The maximum Gasteiger partial charge on any atom is 0.286 e. The molecule has 296 valence electrons. The van der Waals surface area contributed by atoms with Gasteiger partial charge >= 0.3 is 0 Å². The van der Waals surface area contributed by atoms with Gasteiger partial charge in [-0.1, -0.05) is 64.6 Å². The fraction of sp³-hybridized carbons (Fsp3) is 0.333. The van der Waals surface area contributed by atoms with E-state index in [9.17, 15) is 30.0 Å². The number of nitrogens with zero attached hydrogens (tertiary/aromatic N) is 3. The largest absolute Gasteiger partial charge is 0.389 e. The van der Waals surface area contributed by atoms with Crippen LogP contribution in [-0.4, -0.2) is 120 Å². The molecular weight excluding hydrogens is 749 g/mol. The van der Waals surface area contributed by atoms with E-state index < -0.39 is 24.4 Å². The van der Waals surface area contributed by atoms with E-state index in [1.165, 1.54) is 0 Å². The van der Waals surface area contributed by atoms with Crippen LogP contribution >= 0.6 is 21.6 Å². The van der Waals surface area contributed by atoms with Gasteiger partial charge in [-0.3, -0.25) is 9.59 Å². The minimum absolute atomic E-state index is 0.0759. The third-order valence-electron chi connectivity index (χ3n) is 9.19. The topological polar surface area (TPSA) is 163 Å². The lowest BCUT2D eigenvalue weighted by Crippen LogP contribution is -2.75. The van der Waals surface area contributed by atoms with Crippen LogP contribution in [0, 0.1) is 0 Å². The fourth-order valence-electron chi connectivity index (χ4n) is 6.09. The number of aliphatic hydroxyl groups is 4. The number of aliphatic hydroxyl groups excluding tert-OH is 4. The zero-order valence-corrected chi connectivity index (χ0v) is 33.0. The van der Waals surface area contributed by atoms with E-state index in [2.05, 4.69) is 22.2 Å². The summed E-state index contributed by atoms with van der Waals surface area (Å²) in [6.45, 7) is 6.72. The summed E-state index contributed by atoms with van der Waals surface area (Å²) in [4.78, 5) is 32.3. The summed E-state index contributed by atoms with van der Waals surface area (Å²) < 4.78 is 1.90. The SMILES string of the molecule is C=C/C=C\C(/C=C/c1ccc(N2CC(O)C(O)C2)cc1)=[NH+]CC(=O)NCCSSCCNC(=O)C[n+]1ccccc1/C=C/c1ccc(N2CC(O)C(O)C2)cc1. The first-order valence-electron chi connectivity index (χ1n) is 18.6. The molecule has 2 aliphatic heterocycles. The Balaban J connectivity index is 0.956. The van der Waals surface area contributed by atoms with Crippen molar-refractivity contribution in [3.63, 3.8) is 0 Å². The number of allylic oxidation sites excluding steroid dienone is 4. The summed E-state index contributed by atoms with van der Waals surface area (Å²) in [6.07, 6.45) is 12.1. The van der Waals surface area contributed by atoms with E-state index >= 15 is 0 Å². The highest BCUT2D eigenvalue weighted by atomic mass is 33.1. The van der Waals surface area contributed by atoms with E-state index in [4.69, 9.17) is 0 Å². The molecule has 2 saturated heterocycles.